The Labute approximate surface area is 102 Å². The first-order valence-electron chi connectivity index (χ1n) is 5.90. The molecule has 2 atom stereocenters. The van der Waals surface area contributed by atoms with Crippen molar-refractivity contribution < 1.29 is 19.1 Å². The van der Waals surface area contributed by atoms with Crippen molar-refractivity contribution in [2.24, 2.45) is 11.3 Å². The number of hydrogen-bond donors (Lipinski definition) is 1. The number of rotatable bonds is 4. The fraction of sp³-hybridized carbons (Fsp3) is 0.833. The van der Waals surface area contributed by atoms with Crippen LogP contribution in [0.2, 0.25) is 0 Å². The van der Waals surface area contributed by atoms with Gasteiger partial charge in [-0.25, -0.2) is 4.79 Å². The highest BCUT2D eigenvalue weighted by molar-refractivity contribution is 5.71. The third-order valence-corrected chi connectivity index (χ3v) is 3.49. The summed E-state index contributed by atoms with van der Waals surface area (Å²) in [6.07, 6.45) is 2.87. The molecule has 0 spiro atoms. The van der Waals surface area contributed by atoms with Gasteiger partial charge in [-0.05, 0) is 24.2 Å². The lowest BCUT2D eigenvalue weighted by atomic mass is 9.82. The molecule has 1 fully saturated rings. The van der Waals surface area contributed by atoms with E-state index < -0.39 is 6.09 Å². The summed E-state index contributed by atoms with van der Waals surface area (Å²) in [4.78, 5) is 22.5. The highest BCUT2D eigenvalue weighted by Crippen LogP contribution is 2.44. The topological polar surface area (TPSA) is 64.6 Å². The molecule has 0 aliphatic heterocycles. The van der Waals surface area contributed by atoms with Crippen LogP contribution in [-0.2, 0) is 14.3 Å². The van der Waals surface area contributed by atoms with Gasteiger partial charge in [0, 0.05) is 6.54 Å². The van der Waals surface area contributed by atoms with Crippen molar-refractivity contribution in [2.75, 3.05) is 20.8 Å². The smallest absolute Gasteiger partial charge is 0.406 e. The van der Waals surface area contributed by atoms with Crippen LogP contribution in [0.1, 0.15) is 32.6 Å². The van der Waals surface area contributed by atoms with Crippen LogP contribution in [0.4, 0.5) is 4.79 Å². The van der Waals surface area contributed by atoms with Gasteiger partial charge in [-0.15, -0.1) is 0 Å². The van der Waals surface area contributed by atoms with E-state index >= 15 is 0 Å². The van der Waals surface area contributed by atoms with Crippen LogP contribution < -0.4 is 5.32 Å². The second kappa shape index (κ2) is 5.89. The molecule has 1 aliphatic carbocycles. The summed E-state index contributed by atoms with van der Waals surface area (Å²) in [7, 11) is 2.72. The largest absolute Gasteiger partial charge is 0.469 e. The number of nitrogens with one attached hydrogen (secondary N) is 1. The summed E-state index contributed by atoms with van der Waals surface area (Å²) in [6.45, 7) is 2.64. The molecule has 0 aromatic rings. The van der Waals surface area contributed by atoms with Crippen molar-refractivity contribution >= 4 is 12.1 Å². The molecular weight excluding hydrogens is 222 g/mol. The third kappa shape index (κ3) is 3.91. The number of methoxy groups -OCH3 is 2. The van der Waals surface area contributed by atoms with E-state index in [1.165, 1.54) is 14.2 Å². The van der Waals surface area contributed by atoms with Crippen LogP contribution in [0.25, 0.3) is 0 Å². The molecule has 1 N–H and O–H groups in total. The van der Waals surface area contributed by atoms with Crippen LogP contribution in [0.15, 0.2) is 0 Å². The summed E-state index contributed by atoms with van der Waals surface area (Å²) in [5.41, 5.74) is -0.166. The lowest BCUT2D eigenvalue weighted by Gasteiger charge is -2.28. The minimum atomic E-state index is -0.450. The van der Waals surface area contributed by atoms with Crippen molar-refractivity contribution in [3.63, 3.8) is 0 Å². The first kappa shape index (κ1) is 13.8. The fourth-order valence-electron chi connectivity index (χ4n) is 2.59. The van der Waals surface area contributed by atoms with Gasteiger partial charge < -0.3 is 14.8 Å². The Hall–Kier alpha value is -1.26. The number of alkyl carbamates (subject to hydrolysis) is 1. The molecule has 5 nitrogen and oxygen atoms in total. The maximum atomic E-state index is 11.4. The average Bonchev–Trinajstić information content (AvgIpc) is 2.68. The quantitative estimate of drug-likeness (QED) is 0.763. The Morgan fingerprint density at radius 3 is 2.53 bits per heavy atom. The molecule has 0 saturated heterocycles. The molecule has 5 heteroatoms. The maximum Gasteiger partial charge on any atom is 0.406 e. The fourth-order valence-corrected chi connectivity index (χ4v) is 2.59. The van der Waals surface area contributed by atoms with Crippen molar-refractivity contribution in [2.45, 2.75) is 32.6 Å². The van der Waals surface area contributed by atoms with E-state index in [1.807, 2.05) is 0 Å². The lowest BCUT2D eigenvalue weighted by molar-refractivity contribution is -0.143. The molecule has 0 aromatic heterocycles. The molecule has 17 heavy (non-hydrogen) atoms. The summed E-state index contributed by atoms with van der Waals surface area (Å²) in [6, 6.07) is 0. The maximum absolute atomic E-state index is 11.4. The molecule has 1 amide bonds. The molecule has 0 radical (unpaired) electrons. The first-order chi connectivity index (χ1) is 8.01. The van der Waals surface area contributed by atoms with Crippen LogP contribution in [0.3, 0.4) is 0 Å². The number of carbonyl (C=O) groups is 2. The molecule has 1 rings (SSSR count). The van der Waals surface area contributed by atoms with Crippen molar-refractivity contribution in [3.8, 4) is 0 Å². The first-order valence-corrected chi connectivity index (χ1v) is 5.90. The van der Waals surface area contributed by atoms with Crippen molar-refractivity contribution in [1.82, 2.24) is 5.32 Å². The Bertz CT molecular complexity index is 292. The van der Waals surface area contributed by atoms with E-state index in [4.69, 9.17) is 4.74 Å². The van der Waals surface area contributed by atoms with Gasteiger partial charge in [-0.1, -0.05) is 13.3 Å². The van der Waals surface area contributed by atoms with Crippen LogP contribution in [0.5, 0.6) is 0 Å². The number of ether oxygens (including phenoxy) is 2. The number of hydrogen-bond acceptors (Lipinski definition) is 4. The van der Waals surface area contributed by atoms with Crippen LogP contribution in [-0.4, -0.2) is 32.8 Å². The monoisotopic (exact) mass is 243 g/mol. The highest BCUT2D eigenvalue weighted by Gasteiger charge is 2.39. The van der Waals surface area contributed by atoms with Gasteiger partial charge in [0.2, 0.25) is 0 Å². The molecule has 1 saturated carbocycles. The molecule has 0 heterocycles. The standard InChI is InChI=1S/C12H21NO4/c1-9-4-5-12(6-9,7-10(14)16-2)8-13-11(15)17-3/h9H,4-8H2,1-3H3,(H,13,15)/t9-,12+/m1/s1. The Balaban J connectivity index is 2.60. The van der Waals surface area contributed by atoms with E-state index in [9.17, 15) is 9.59 Å². The summed E-state index contributed by atoms with van der Waals surface area (Å²) in [5, 5.41) is 2.70. The average molecular weight is 243 g/mol. The predicted octanol–water partition coefficient (Wildman–Crippen LogP) is 1.71. The Kier molecular flexibility index (Phi) is 4.78. The zero-order valence-corrected chi connectivity index (χ0v) is 10.7. The minimum Gasteiger partial charge on any atom is -0.469 e. The van der Waals surface area contributed by atoms with Gasteiger partial charge >= 0.3 is 12.1 Å². The summed E-state index contributed by atoms with van der Waals surface area (Å²) in [5.74, 6) is 0.366. The molecule has 0 bridgehead atoms. The van der Waals surface area contributed by atoms with Gasteiger partial charge in [0.15, 0.2) is 0 Å². The van der Waals surface area contributed by atoms with Gasteiger partial charge in [0.1, 0.15) is 0 Å². The van der Waals surface area contributed by atoms with Crippen LogP contribution >= 0.6 is 0 Å². The highest BCUT2D eigenvalue weighted by atomic mass is 16.5. The second-order valence-corrected chi connectivity index (χ2v) is 4.95. The molecule has 98 valence electrons. The van der Waals surface area contributed by atoms with Crippen LogP contribution in [0, 0.1) is 11.3 Å². The lowest BCUT2D eigenvalue weighted by Crippen LogP contribution is -2.37. The number of carbonyl (C=O) groups excluding carboxylic acids is 2. The SMILES string of the molecule is COC(=O)C[C@]1(CNC(=O)OC)CC[C@@H](C)C1. The number of amides is 1. The van der Waals surface area contributed by atoms with Gasteiger partial charge in [-0.3, -0.25) is 4.79 Å². The molecule has 1 aliphatic rings. The third-order valence-electron chi connectivity index (χ3n) is 3.49. The van der Waals surface area contributed by atoms with Crippen molar-refractivity contribution in [1.29, 1.82) is 0 Å². The number of esters is 1. The molecule has 0 unspecified atom stereocenters. The molecular formula is C12H21NO4. The summed E-state index contributed by atoms with van der Waals surface area (Å²) >= 11 is 0. The van der Waals surface area contributed by atoms with E-state index in [1.54, 1.807) is 0 Å². The van der Waals surface area contributed by atoms with E-state index in [2.05, 4.69) is 17.0 Å². The Morgan fingerprint density at radius 2 is 2.06 bits per heavy atom. The molecule has 0 aromatic carbocycles. The van der Waals surface area contributed by atoms with Crippen molar-refractivity contribution in [3.05, 3.63) is 0 Å². The minimum absolute atomic E-state index is 0.166. The van der Waals surface area contributed by atoms with Gasteiger partial charge in [-0.2, -0.15) is 0 Å². The van der Waals surface area contributed by atoms with E-state index in [0.29, 0.717) is 18.9 Å². The van der Waals surface area contributed by atoms with E-state index in [-0.39, 0.29) is 11.4 Å². The second-order valence-electron chi connectivity index (χ2n) is 4.95. The summed E-state index contributed by atoms with van der Waals surface area (Å²) < 4.78 is 9.27. The zero-order valence-electron chi connectivity index (χ0n) is 10.7. The normalized spacial score (nSPS) is 27.6. The zero-order chi connectivity index (χ0) is 12.9. The van der Waals surface area contributed by atoms with Gasteiger partial charge in [0.05, 0.1) is 20.6 Å². The van der Waals surface area contributed by atoms with Gasteiger partial charge in [0.25, 0.3) is 0 Å². The van der Waals surface area contributed by atoms with E-state index in [0.717, 1.165) is 19.3 Å². The predicted molar refractivity (Wildman–Crippen MR) is 62.5 cm³/mol. The Morgan fingerprint density at radius 1 is 1.35 bits per heavy atom.